The number of rotatable bonds is 1. The van der Waals surface area contributed by atoms with Crippen LogP contribution in [-0.4, -0.2) is 38.0 Å². The van der Waals surface area contributed by atoms with Gasteiger partial charge in [0.25, 0.3) is 11.5 Å². The van der Waals surface area contributed by atoms with Crippen LogP contribution in [-0.2, 0) is 14.1 Å². The number of amides is 1. The Labute approximate surface area is 139 Å². The number of nitrogens with zero attached hydrogens (tertiary/aromatic N) is 4. The van der Waals surface area contributed by atoms with Crippen LogP contribution in [0.4, 0.5) is 0 Å². The SMILES string of the molecule is CC1CC(C)CN(C(=O)c2ccc3c(=O)n(C)c(=O)n(C)c3n2)C1. The fraction of sp³-hybridized carbons (Fsp3) is 0.529. The Kier molecular flexibility index (Phi) is 4.03. The van der Waals surface area contributed by atoms with Crippen LogP contribution in [0.5, 0.6) is 0 Å². The summed E-state index contributed by atoms with van der Waals surface area (Å²) in [5, 5.41) is 0.330. The quantitative estimate of drug-likeness (QED) is 0.773. The van der Waals surface area contributed by atoms with E-state index in [2.05, 4.69) is 18.8 Å². The summed E-state index contributed by atoms with van der Waals surface area (Å²) in [6.07, 6.45) is 1.11. The lowest BCUT2D eigenvalue weighted by Gasteiger charge is -2.34. The van der Waals surface area contributed by atoms with Gasteiger partial charge in [0.1, 0.15) is 11.3 Å². The number of hydrogen-bond acceptors (Lipinski definition) is 4. The number of carbonyl (C=O) groups excluding carboxylic acids is 1. The molecule has 24 heavy (non-hydrogen) atoms. The van der Waals surface area contributed by atoms with Crippen molar-refractivity contribution in [1.29, 1.82) is 0 Å². The zero-order valence-corrected chi connectivity index (χ0v) is 14.4. The molecular weight excluding hydrogens is 308 g/mol. The van der Waals surface area contributed by atoms with E-state index in [1.807, 2.05) is 4.90 Å². The molecule has 0 bridgehead atoms. The van der Waals surface area contributed by atoms with Crippen LogP contribution in [0.15, 0.2) is 21.7 Å². The molecule has 2 aromatic rings. The van der Waals surface area contributed by atoms with E-state index in [9.17, 15) is 14.4 Å². The zero-order valence-electron chi connectivity index (χ0n) is 14.4. The highest BCUT2D eigenvalue weighted by Crippen LogP contribution is 2.22. The van der Waals surface area contributed by atoms with Crippen LogP contribution in [0.3, 0.4) is 0 Å². The van der Waals surface area contributed by atoms with Gasteiger partial charge in [-0.2, -0.15) is 0 Å². The lowest BCUT2D eigenvalue weighted by molar-refractivity contribution is 0.0617. The van der Waals surface area contributed by atoms with Crippen LogP contribution < -0.4 is 11.2 Å². The van der Waals surface area contributed by atoms with Gasteiger partial charge in [-0.3, -0.25) is 18.7 Å². The minimum atomic E-state index is -0.454. The number of pyridine rings is 1. The second-order valence-electron chi connectivity index (χ2n) is 6.93. The monoisotopic (exact) mass is 330 g/mol. The van der Waals surface area contributed by atoms with E-state index in [4.69, 9.17) is 0 Å². The Hall–Kier alpha value is -2.44. The Morgan fingerprint density at radius 2 is 1.71 bits per heavy atom. The highest BCUT2D eigenvalue weighted by Gasteiger charge is 2.27. The molecule has 2 atom stereocenters. The first-order valence-electron chi connectivity index (χ1n) is 8.15. The molecule has 1 fully saturated rings. The maximum absolute atomic E-state index is 12.8. The second-order valence-corrected chi connectivity index (χ2v) is 6.93. The van der Waals surface area contributed by atoms with Crippen molar-refractivity contribution < 1.29 is 4.79 Å². The molecule has 1 aliphatic heterocycles. The van der Waals surface area contributed by atoms with Crippen LogP contribution in [0.1, 0.15) is 30.8 Å². The molecule has 0 saturated carbocycles. The molecule has 1 aliphatic rings. The van der Waals surface area contributed by atoms with E-state index >= 15 is 0 Å². The molecule has 2 unspecified atom stereocenters. The summed E-state index contributed by atoms with van der Waals surface area (Å²) in [5.41, 5.74) is -0.344. The van der Waals surface area contributed by atoms with Crippen molar-refractivity contribution in [3.8, 4) is 0 Å². The lowest BCUT2D eigenvalue weighted by Crippen LogP contribution is -2.43. The van der Waals surface area contributed by atoms with Gasteiger partial charge in [0.05, 0.1) is 5.39 Å². The molecule has 1 saturated heterocycles. The molecule has 1 amide bonds. The fourth-order valence-electron chi connectivity index (χ4n) is 3.56. The van der Waals surface area contributed by atoms with E-state index in [0.29, 0.717) is 30.3 Å². The van der Waals surface area contributed by atoms with Crippen LogP contribution >= 0.6 is 0 Å². The topological polar surface area (TPSA) is 77.2 Å². The minimum Gasteiger partial charge on any atom is -0.337 e. The standard InChI is InChI=1S/C17H22N4O3/c1-10-7-11(2)9-21(8-10)16(23)13-6-5-12-14(18-13)19(3)17(24)20(4)15(12)22/h5-6,10-11H,7-9H2,1-4H3. The molecule has 7 nitrogen and oxygen atoms in total. The van der Waals surface area contributed by atoms with Crippen LogP contribution in [0.2, 0.25) is 0 Å². The molecule has 3 heterocycles. The summed E-state index contributed by atoms with van der Waals surface area (Å²) in [7, 11) is 2.98. The molecule has 0 aliphatic carbocycles. The summed E-state index contributed by atoms with van der Waals surface area (Å²) in [4.78, 5) is 43.2. The van der Waals surface area contributed by atoms with Crippen molar-refractivity contribution in [1.82, 2.24) is 19.0 Å². The minimum absolute atomic E-state index is 0.150. The van der Waals surface area contributed by atoms with Crippen molar-refractivity contribution in [3.63, 3.8) is 0 Å². The lowest BCUT2D eigenvalue weighted by atomic mass is 9.92. The average Bonchev–Trinajstić information content (AvgIpc) is 2.56. The number of fused-ring (bicyclic) bond motifs is 1. The van der Waals surface area contributed by atoms with Gasteiger partial charge in [-0.05, 0) is 30.4 Å². The number of carbonyl (C=O) groups is 1. The van der Waals surface area contributed by atoms with Gasteiger partial charge in [0, 0.05) is 27.2 Å². The van der Waals surface area contributed by atoms with Gasteiger partial charge in [0.15, 0.2) is 0 Å². The number of piperidine rings is 1. The molecule has 0 spiro atoms. The van der Waals surface area contributed by atoms with Crippen molar-refractivity contribution >= 4 is 16.9 Å². The first-order valence-corrected chi connectivity index (χ1v) is 8.15. The van der Waals surface area contributed by atoms with E-state index in [0.717, 1.165) is 11.0 Å². The Morgan fingerprint density at radius 3 is 2.33 bits per heavy atom. The average molecular weight is 330 g/mol. The number of hydrogen-bond donors (Lipinski definition) is 0. The Bertz CT molecular complexity index is 918. The summed E-state index contributed by atoms with van der Waals surface area (Å²) in [6, 6.07) is 3.15. The predicted octanol–water partition coefficient (Wildman–Crippen LogP) is 0.750. The van der Waals surface area contributed by atoms with E-state index in [1.165, 1.54) is 11.6 Å². The molecule has 3 rings (SSSR count). The molecule has 7 heteroatoms. The van der Waals surface area contributed by atoms with Crippen LogP contribution in [0, 0.1) is 11.8 Å². The number of aromatic nitrogens is 3. The third kappa shape index (κ3) is 2.64. The molecule has 128 valence electrons. The van der Waals surface area contributed by atoms with E-state index in [1.54, 1.807) is 19.2 Å². The predicted molar refractivity (Wildman–Crippen MR) is 91.1 cm³/mol. The maximum atomic E-state index is 12.8. The molecule has 0 aromatic carbocycles. The first-order chi connectivity index (χ1) is 11.3. The molecule has 0 radical (unpaired) electrons. The van der Waals surface area contributed by atoms with E-state index in [-0.39, 0.29) is 17.2 Å². The second kappa shape index (κ2) is 5.89. The third-order valence-corrected chi connectivity index (χ3v) is 4.68. The summed E-state index contributed by atoms with van der Waals surface area (Å²) >= 11 is 0. The van der Waals surface area contributed by atoms with Gasteiger partial charge >= 0.3 is 5.69 Å². The van der Waals surface area contributed by atoms with Gasteiger partial charge in [-0.15, -0.1) is 0 Å². The first kappa shape index (κ1) is 16.4. The molecule has 0 N–H and O–H groups in total. The van der Waals surface area contributed by atoms with Crippen molar-refractivity contribution in [2.24, 2.45) is 25.9 Å². The number of aryl methyl sites for hydroxylation is 1. The Balaban J connectivity index is 2.07. The van der Waals surface area contributed by atoms with Gasteiger partial charge in [0.2, 0.25) is 0 Å². The summed E-state index contributed by atoms with van der Waals surface area (Å²) < 4.78 is 2.34. The van der Waals surface area contributed by atoms with Gasteiger partial charge in [-0.1, -0.05) is 13.8 Å². The summed E-state index contributed by atoms with van der Waals surface area (Å²) in [6.45, 7) is 5.69. The van der Waals surface area contributed by atoms with Gasteiger partial charge in [-0.25, -0.2) is 9.78 Å². The van der Waals surface area contributed by atoms with Crippen molar-refractivity contribution in [2.75, 3.05) is 13.1 Å². The fourth-order valence-corrected chi connectivity index (χ4v) is 3.56. The third-order valence-electron chi connectivity index (χ3n) is 4.68. The van der Waals surface area contributed by atoms with Crippen molar-refractivity contribution in [2.45, 2.75) is 20.3 Å². The smallest absolute Gasteiger partial charge is 0.332 e. The van der Waals surface area contributed by atoms with Crippen molar-refractivity contribution in [3.05, 3.63) is 38.7 Å². The largest absolute Gasteiger partial charge is 0.337 e. The maximum Gasteiger partial charge on any atom is 0.332 e. The Morgan fingerprint density at radius 1 is 1.08 bits per heavy atom. The van der Waals surface area contributed by atoms with Crippen LogP contribution in [0.25, 0.3) is 11.0 Å². The van der Waals surface area contributed by atoms with E-state index < -0.39 is 11.2 Å². The molecule has 2 aromatic heterocycles. The molecular formula is C17H22N4O3. The zero-order chi connectivity index (χ0) is 17.6. The summed E-state index contributed by atoms with van der Waals surface area (Å²) in [5.74, 6) is 0.757. The van der Waals surface area contributed by atoms with Gasteiger partial charge < -0.3 is 4.90 Å². The highest BCUT2D eigenvalue weighted by molar-refractivity contribution is 5.94. The highest BCUT2D eigenvalue weighted by atomic mass is 16.2. The normalized spacial score (nSPS) is 21.2. The number of likely N-dealkylation sites (tertiary alicyclic amines) is 1.